The molecule has 0 aliphatic carbocycles. The Morgan fingerprint density at radius 3 is 2.79 bits per heavy atom. The Labute approximate surface area is 228 Å². The lowest BCUT2D eigenvalue weighted by atomic mass is 10.00. The maximum absolute atomic E-state index is 14.1. The largest absolute Gasteiger partial charge is 0.326 e. The first-order valence-electron chi connectivity index (χ1n) is 13.7. The van der Waals surface area contributed by atoms with Gasteiger partial charge in [0.2, 0.25) is 0 Å². The zero-order valence-corrected chi connectivity index (χ0v) is 22.6. The van der Waals surface area contributed by atoms with Gasteiger partial charge >= 0.3 is 0 Å². The summed E-state index contributed by atoms with van der Waals surface area (Å²) in [5.41, 5.74) is 8.24. The van der Waals surface area contributed by atoms with Gasteiger partial charge < -0.3 is 9.88 Å². The maximum atomic E-state index is 14.1. The van der Waals surface area contributed by atoms with Gasteiger partial charge in [-0.3, -0.25) is 4.99 Å². The molecule has 3 aromatic heterocycles. The van der Waals surface area contributed by atoms with Crippen LogP contribution in [-0.4, -0.2) is 38.3 Å². The van der Waals surface area contributed by atoms with Crippen LogP contribution in [0.3, 0.4) is 0 Å². The highest BCUT2D eigenvalue weighted by Crippen LogP contribution is 2.33. The number of rotatable bonds is 4. The van der Waals surface area contributed by atoms with Gasteiger partial charge in [-0.15, -0.1) is 0 Å². The third kappa shape index (κ3) is 5.06. The average molecular weight is 521 g/mol. The number of fused-ring (bicyclic) bond motifs is 3. The standard InChI is InChI=1S/C32H33FN6/c1-4-23(24-15-22-12-13-34-19-25(16-22)35-18-24)17-29-20(2)8-10-28(37-29)32-31(27-11-9-26(33)21(3)36-27)38-30-7-5-6-14-39(30)32/h4,8-11,15,17-18,34H,2,5-7,12-14,16,19H2,1,3H3/b23-4+,29-17+. The van der Waals surface area contributed by atoms with E-state index in [1.54, 1.807) is 13.0 Å². The van der Waals surface area contributed by atoms with Gasteiger partial charge in [0.05, 0.1) is 28.1 Å². The highest BCUT2D eigenvalue weighted by molar-refractivity contribution is 5.90. The quantitative estimate of drug-likeness (QED) is 0.547. The van der Waals surface area contributed by atoms with Crippen molar-refractivity contribution >= 4 is 18.4 Å². The molecule has 0 spiro atoms. The van der Waals surface area contributed by atoms with Crippen molar-refractivity contribution in [2.45, 2.75) is 52.5 Å². The normalized spacial score (nSPS) is 18.1. The lowest BCUT2D eigenvalue weighted by Gasteiger charge is -2.16. The van der Waals surface area contributed by atoms with Crippen molar-refractivity contribution < 1.29 is 4.39 Å². The van der Waals surface area contributed by atoms with Gasteiger partial charge in [-0.25, -0.2) is 19.3 Å². The molecule has 3 aromatic rings. The first-order chi connectivity index (χ1) is 19.0. The minimum atomic E-state index is -0.316. The summed E-state index contributed by atoms with van der Waals surface area (Å²) < 4.78 is 16.3. The second-order valence-electron chi connectivity index (χ2n) is 10.4. The Kier molecular flexibility index (Phi) is 6.92. The molecule has 0 atom stereocenters. The third-order valence-corrected chi connectivity index (χ3v) is 7.66. The van der Waals surface area contributed by atoms with Crippen LogP contribution in [0.1, 0.15) is 44.1 Å². The van der Waals surface area contributed by atoms with Gasteiger partial charge in [0.25, 0.3) is 0 Å². The van der Waals surface area contributed by atoms with Crippen LogP contribution in [0.15, 0.2) is 64.3 Å². The highest BCUT2D eigenvalue weighted by Gasteiger charge is 2.24. The van der Waals surface area contributed by atoms with Gasteiger partial charge in [0, 0.05) is 37.8 Å². The summed E-state index contributed by atoms with van der Waals surface area (Å²) in [6.07, 6.45) is 13.5. The summed E-state index contributed by atoms with van der Waals surface area (Å²) in [6, 6.07) is 7.20. The highest BCUT2D eigenvalue weighted by atomic mass is 19.1. The number of allylic oxidation sites excluding steroid dienone is 4. The number of hydrogen-bond acceptors (Lipinski definition) is 5. The van der Waals surface area contributed by atoms with Gasteiger partial charge in [-0.05, 0) is 80.3 Å². The predicted octanol–water partition coefficient (Wildman–Crippen LogP) is 4.58. The third-order valence-electron chi connectivity index (χ3n) is 7.66. The molecule has 6 heterocycles. The molecule has 3 aliphatic heterocycles. The Morgan fingerprint density at radius 2 is 1.95 bits per heavy atom. The van der Waals surface area contributed by atoms with Crippen LogP contribution < -0.4 is 15.9 Å². The number of pyridine rings is 2. The fourth-order valence-electron chi connectivity index (χ4n) is 5.52. The predicted molar refractivity (Wildman–Crippen MR) is 155 cm³/mol. The SMILES string of the molecule is C=c1ccc(-c2c(-c3ccc(F)c(C)n3)nc3n2CCCC3)n/c1=C/C(=C\C)C1=CN=C2CNCCC(=C1)C2. The van der Waals surface area contributed by atoms with Crippen molar-refractivity contribution in [3.05, 3.63) is 87.2 Å². The molecule has 6 rings (SSSR count). The Balaban J connectivity index is 1.47. The monoisotopic (exact) mass is 520 g/mol. The fourth-order valence-corrected chi connectivity index (χ4v) is 5.52. The lowest BCUT2D eigenvalue weighted by Crippen LogP contribution is -2.27. The Hall–Kier alpha value is -3.97. The van der Waals surface area contributed by atoms with Gasteiger partial charge in [0.1, 0.15) is 17.3 Å². The summed E-state index contributed by atoms with van der Waals surface area (Å²) in [4.78, 5) is 19.4. The van der Waals surface area contributed by atoms with Crippen molar-refractivity contribution in [1.29, 1.82) is 0 Å². The van der Waals surface area contributed by atoms with Crippen LogP contribution in [0, 0.1) is 12.7 Å². The first-order valence-corrected chi connectivity index (χ1v) is 13.7. The average Bonchev–Trinajstić information content (AvgIpc) is 3.05. The number of halogens is 1. The molecule has 198 valence electrons. The molecule has 0 amide bonds. The van der Waals surface area contributed by atoms with E-state index in [2.05, 4.69) is 39.7 Å². The van der Waals surface area contributed by atoms with Crippen molar-refractivity contribution in [1.82, 2.24) is 24.8 Å². The van der Waals surface area contributed by atoms with Crippen LogP contribution in [0.2, 0.25) is 0 Å². The zero-order chi connectivity index (χ0) is 26.9. The van der Waals surface area contributed by atoms with E-state index in [-0.39, 0.29) is 5.82 Å². The van der Waals surface area contributed by atoms with Gasteiger partial charge in [-0.1, -0.05) is 30.4 Å². The Morgan fingerprint density at radius 1 is 1.08 bits per heavy atom. The summed E-state index contributed by atoms with van der Waals surface area (Å²) >= 11 is 0. The van der Waals surface area contributed by atoms with E-state index in [0.717, 1.165) is 96.4 Å². The van der Waals surface area contributed by atoms with Crippen LogP contribution in [-0.2, 0) is 13.0 Å². The van der Waals surface area contributed by atoms with E-state index < -0.39 is 0 Å². The van der Waals surface area contributed by atoms with Crippen LogP contribution in [0.5, 0.6) is 0 Å². The van der Waals surface area contributed by atoms with Crippen LogP contribution in [0.25, 0.3) is 35.4 Å². The van der Waals surface area contributed by atoms with Gasteiger partial charge in [0.15, 0.2) is 0 Å². The van der Waals surface area contributed by atoms with Crippen LogP contribution in [0.4, 0.5) is 4.39 Å². The number of hydrogen-bond donors (Lipinski definition) is 1. The number of imidazole rings is 1. The lowest BCUT2D eigenvalue weighted by molar-refractivity contribution is 0.525. The van der Waals surface area contributed by atoms with Crippen molar-refractivity contribution in [2.75, 3.05) is 13.1 Å². The second-order valence-corrected chi connectivity index (χ2v) is 10.4. The number of aryl methyl sites for hydroxylation is 2. The van der Waals surface area contributed by atoms with Crippen molar-refractivity contribution in [3.63, 3.8) is 0 Å². The van der Waals surface area contributed by atoms with E-state index in [1.165, 1.54) is 17.4 Å². The van der Waals surface area contributed by atoms with E-state index >= 15 is 0 Å². The summed E-state index contributed by atoms with van der Waals surface area (Å²) in [7, 11) is 0. The molecular weight excluding hydrogens is 487 g/mol. The molecule has 1 saturated heterocycles. The molecule has 39 heavy (non-hydrogen) atoms. The number of aromatic nitrogens is 4. The summed E-state index contributed by atoms with van der Waals surface area (Å²) in [5, 5.41) is 5.10. The van der Waals surface area contributed by atoms with E-state index in [0.29, 0.717) is 11.4 Å². The van der Waals surface area contributed by atoms with Gasteiger partial charge in [-0.2, -0.15) is 0 Å². The summed E-state index contributed by atoms with van der Waals surface area (Å²) in [5.74, 6) is 0.712. The molecule has 6 nitrogen and oxygen atoms in total. The molecule has 0 saturated carbocycles. The molecular formula is C32H33FN6. The van der Waals surface area contributed by atoms with E-state index in [4.69, 9.17) is 15.0 Å². The van der Waals surface area contributed by atoms with E-state index in [1.807, 2.05) is 25.3 Å². The first kappa shape index (κ1) is 25.3. The smallest absolute Gasteiger partial charge is 0.144 e. The molecule has 3 aliphatic rings. The zero-order valence-electron chi connectivity index (χ0n) is 22.6. The van der Waals surface area contributed by atoms with Crippen molar-refractivity contribution in [3.8, 4) is 22.8 Å². The molecule has 0 radical (unpaired) electrons. The molecule has 1 fully saturated rings. The minimum Gasteiger partial charge on any atom is -0.326 e. The number of nitrogens with one attached hydrogen (secondary N) is 1. The molecule has 0 aromatic carbocycles. The molecule has 7 heteroatoms. The van der Waals surface area contributed by atoms with E-state index in [9.17, 15) is 4.39 Å². The topological polar surface area (TPSA) is 68.0 Å². The Bertz CT molecular complexity index is 1690. The van der Waals surface area contributed by atoms with Crippen LogP contribution >= 0.6 is 0 Å². The molecule has 1 N–H and O–H groups in total. The number of nitrogens with zero attached hydrogens (tertiary/aromatic N) is 5. The summed E-state index contributed by atoms with van der Waals surface area (Å²) in [6.45, 7) is 10.7. The second kappa shape index (κ2) is 10.7. The number of aliphatic imine (C=N–C) groups is 1. The molecule has 0 unspecified atom stereocenters. The fraction of sp³-hybridized carbons (Fsp3) is 0.312. The molecule has 2 bridgehead atoms. The minimum absolute atomic E-state index is 0.316. The van der Waals surface area contributed by atoms with Crippen molar-refractivity contribution in [2.24, 2.45) is 4.99 Å². The maximum Gasteiger partial charge on any atom is 0.144 e.